The molecule has 0 saturated carbocycles. The van der Waals surface area contributed by atoms with Crippen LogP contribution in [0.2, 0.25) is 0 Å². The number of aliphatic hydroxyl groups is 1. The SMILES string of the molecule is Cc1ccc(OC[C@@H](O)CNC(C)(C)c2ccc(S(N)(=O)=O)cc2F)c(-c2ccncc2)c1. The number of aryl methyl sites for hydroxylation is 1. The highest BCUT2D eigenvalue weighted by molar-refractivity contribution is 7.89. The van der Waals surface area contributed by atoms with Crippen LogP contribution in [0.5, 0.6) is 5.75 Å². The summed E-state index contributed by atoms with van der Waals surface area (Å²) >= 11 is 0. The molecule has 0 aliphatic rings. The van der Waals surface area contributed by atoms with E-state index in [0.29, 0.717) is 5.75 Å². The number of pyridine rings is 1. The van der Waals surface area contributed by atoms with Crippen molar-refractivity contribution in [3.8, 4) is 16.9 Å². The van der Waals surface area contributed by atoms with Gasteiger partial charge in [0.15, 0.2) is 0 Å². The maximum Gasteiger partial charge on any atom is 0.238 e. The molecule has 0 aliphatic carbocycles. The molecule has 176 valence electrons. The molecule has 0 unspecified atom stereocenters. The first-order chi connectivity index (χ1) is 15.5. The van der Waals surface area contributed by atoms with E-state index >= 15 is 0 Å². The second kappa shape index (κ2) is 9.96. The first-order valence-electron chi connectivity index (χ1n) is 10.4. The van der Waals surface area contributed by atoms with Gasteiger partial charge in [0, 0.05) is 35.6 Å². The topological polar surface area (TPSA) is 115 Å². The van der Waals surface area contributed by atoms with E-state index in [0.717, 1.165) is 22.8 Å². The minimum atomic E-state index is -3.99. The highest BCUT2D eigenvalue weighted by Gasteiger charge is 2.26. The molecule has 1 atom stereocenters. The Balaban J connectivity index is 1.65. The van der Waals surface area contributed by atoms with E-state index in [4.69, 9.17) is 9.88 Å². The average Bonchev–Trinajstić information content (AvgIpc) is 2.76. The smallest absolute Gasteiger partial charge is 0.238 e. The lowest BCUT2D eigenvalue weighted by atomic mass is 9.93. The second-order valence-electron chi connectivity index (χ2n) is 8.39. The van der Waals surface area contributed by atoms with Gasteiger partial charge in [0.05, 0.1) is 4.90 Å². The first-order valence-corrected chi connectivity index (χ1v) is 11.9. The van der Waals surface area contributed by atoms with Gasteiger partial charge in [-0.3, -0.25) is 4.98 Å². The minimum Gasteiger partial charge on any atom is -0.490 e. The van der Waals surface area contributed by atoms with Crippen molar-refractivity contribution >= 4 is 10.0 Å². The lowest BCUT2D eigenvalue weighted by Crippen LogP contribution is -2.43. The van der Waals surface area contributed by atoms with Crippen LogP contribution in [0.4, 0.5) is 4.39 Å². The van der Waals surface area contributed by atoms with Crippen LogP contribution in [-0.2, 0) is 15.6 Å². The summed E-state index contributed by atoms with van der Waals surface area (Å²) in [7, 11) is -3.99. The molecule has 1 heterocycles. The van der Waals surface area contributed by atoms with Gasteiger partial charge in [-0.1, -0.05) is 17.7 Å². The summed E-state index contributed by atoms with van der Waals surface area (Å²) in [5.74, 6) is -0.0684. The molecule has 0 saturated heterocycles. The fraction of sp³-hybridized carbons (Fsp3) is 0.292. The molecule has 4 N–H and O–H groups in total. The Morgan fingerprint density at radius 3 is 2.48 bits per heavy atom. The van der Waals surface area contributed by atoms with E-state index in [1.807, 2.05) is 37.3 Å². The van der Waals surface area contributed by atoms with Crippen LogP contribution in [0.3, 0.4) is 0 Å². The molecule has 0 amide bonds. The number of nitrogens with two attached hydrogens (primary N) is 1. The highest BCUT2D eigenvalue weighted by atomic mass is 32.2. The standard InChI is InChI=1S/C24H28FN3O4S/c1-16-4-7-23(20(12-16)17-8-10-27-11-9-17)32-15-18(29)14-28-24(2,3)21-6-5-19(13-22(21)25)33(26,30)31/h4-13,18,28-29H,14-15H2,1-3H3,(H2,26,30,31)/t18-/m0/s1. The number of halogens is 1. The minimum absolute atomic E-state index is 0.0249. The number of nitrogens with one attached hydrogen (secondary N) is 1. The van der Waals surface area contributed by atoms with Gasteiger partial charge >= 0.3 is 0 Å². The summed E-state index contributed by atoms with van der Waals surface area (Å²) < 4.78 is 43.3. The van der Waals surface area contributed by atoms with E-state index in [-0.39, 0.29) is 23.6 Å². The maximum absolute atomic E-state index is 14.6. The number of sulfonamides is 1. The zero-order valence-corrected chi connectivity index (χ0v) is 19.6. The number of rotatable bonds is 9. The third-order valence-corrected chi connectivity index (χ3v) is 6.19. The van der Waals surface area contributed by atoms with Gasteiger partial charge in [0.2, 0.25) is 10.0 Å². The molecular weight excluding hydrogens is 445 g/mol. The number of benzene rings is 2. The van der Waals surface area contributed by atoms with Crippen LogP contribution in [0.15, 0.2) is 65.8 Å². The monoisotopic (exact) mass is 473 g/mol. The summed E-state index contributed by atoms with van der Waals surface area (Å²) in [6.45, 7) is 5.61. The molecule has 3 aromatic rings. The molecule has 7 nitrogen and oxygen atoms in total. The van der Waals surface area contributed by atoms with Crippen LogP contribution in [0.25, 0.3) is 11.1 Å². The normalized spacial score (nSPS) is 13.0. The Labute approximate surface area is 193 Å². The van der Waals surface area contributed by atoms with E-state index in [9.17, 15) is 17.9 Å². The van der Waals surface area contributed by atoms with Gasteiger partial charge in [0.1, 0.15) is 24.3 Å². The number of hydrogen-bond donors (Lipinski definition) is 3. The number of primary sulfonamides is 1. The quantitative estimate of drug-likeness (QED) is 0.440. The highest BCUT2D eigenvalue weighted by Crippen LogP contribution is 2.31. The number of aliphatic hydroxyl groups excluding tert-OH is 1. The predicted molar refractivity (Wildman–Crippen MR) is 125 cm³/mol. The summed E-state index contributed by atoms with van der Waals surface area (Å²) in [6.07, 6.45) is 2.54. The van der Waals surface area contributed by atoms with Gasteiger partial charge in [-0.15, -0.1) is 0 Å². The Morgan fingerprint density at radius 2 is 1.85 bits per heavy atom. The van der Waals surface area contributed by atoms with Crippen LogP contribution >= 0.6 is 0 Å². The number of aromatic nitrogens is 1. The Hall–Kier alpha value is -2.85. The van der Waals surface area contributed by atoms with Crippen molar-refractivity contribution in [3.63, 3.8) is 0 Å². The van der Waals surface area contributed by atoms with Gasteiger partial charge in [0.25, 0.3) is 0 Å². The van der Waals surface area contributed by atoms with E-state index in [1.165, 1.54) is 12.1 Å². The molecule has 2 aromatic carbocycles. The number of ether oxygens (including phenoxy) is 1. The van der Waals surface area contributed by atoms with Crippen molar-refractivity contribution in [2.75, 3.05) is 13.2 Å². The lowest BCUT2D eigenvalue weighted by molar-refractivity contribution is 0.0987. The Kier molecular flexibility index (Phi) is 7.48. The number of hydrogen-bond acceptors (Lipinski definition) is 6. The van der Waals surface area contributed by atoms with Crippen molar-refractivity contribution < 1.29 is 22.7 Å². The third kappa shape index (κ3) is 6.35. The van der Waals surface area contributed by atoms with Gasteiger partial charge in [-0.25, -0.2) is 17.9 Å². The van der Waals surface area contributed by atoms with Crippen molar-refractivity contribution in [2.24, 2.45) is 5.14 Å². The van der Waals surface area contributed by atoms with Gasteiger partial charge < -0.3 is 15.2 Å². The summed E-state index contributed by atoms with van der Waals surface area (Å²) in [6, 6.07) is 13.1. The molecule has 1 aromatic heterocycles. The first kappa shape index (κ1) is 24.8. The van der Waals surface area contributed by atoms with Crippen LogP contribution < -0.4 is 15.2 Å². The van der Waals surface area contributed by atoms with Crippen molar-refractivity contribution in [1.82, 2.24) is 10.3 Å². The molecule has 0 bridgehead atoms. The Morgan fingerprint density at radius 1 is 1.15 bits per heavy atom. The van der Waals surface area contributed by atoms with Gasteiger partial charge in [-0.05, 0) is 62.7 Å². The molecule has 3 rings (SSSR count). The van der Waals surface area contributed by atoms with Crippen molar-refractivity contribution in [3.05, 3.63) is 77.9 Å². The van der Waals surface area contributed by atoms with Crippen molar-refractivity contribution in [1.29, 1.82) is 0 Å². The molecule has 0 radical (unpaired) electrons. The summed E-state index contributed by atoms with van der Waals surface area (Å²) in [4.78, 5) is 3.75. The molecule has 33 heavy (non-hydrogen) atoms. The molecule has 0 spiro atoms. The summed E-state index contributed by atoms with van der Waals surface area (Å²) in [5, 5.41) is 18.6. The van der Waals surface area contributed by atoms with Crippen LogP contribution in [-0.4, -0.2) is 37.8 Å². The van der Waals surface area contributed by atoms with E-state index in [1.54, 1.807) is 26.2 Å². The lowest BCUT2D eigenvalue weighted by Gasteiger charge is -2.29. The maximum atomic E-state index is 14.6. The fourth-order valence-electron chi connectivity index (χ4n) is 3.42. The molecule has 0 aliphatic heterocycles. The van der Waals surface area contributed by atoms with E-state index < -0.39 is 27.5 Å². The fourth-order valence-corrected chi connectivity index (χ4v) is 3.94. The second-order valence-corrected chi connectivity index (χ2v) is 9.95. The van der Waals surface area contributed by atoms with Crippen LogP contribution in [0, 0.1) is 12.7 Å². The van der Waals surface area contributed by atoms with Gasteiger partial charge in [-0.2, -0.15) is 0 Å². The average molecular weight is 474 g/mol. The predicted octanol–water partition coefficient (Wildman–Crippen LogP) is 3.11. The third-order valence-electron chi connectivity index (χ3n) is 5.28. The summed E-state index contributed by atoms with van der Waals surface area (Å²) in [5.41, 5.74) is 2.30. The molecule has 0 fully saturated rings. The zero-order chi connectivity index (χ0) is 24.2. The molecular formula is C24H28FN3O4S. The largest absolute Gasteiger partial charge is 0.490 e. The van der Waals surface area contributed by atoms with Crippen molar-refractivity contribution in [2.45, 2.75) is 37.3 Å². The number of nitrogens with zero attached hydrogens (tertiary/aromatic N) is 1. The van der Waals surface area contributed by atoms with E-state index in [2.05, 4.69) is 10.3 Å². The van der Waals surface area contributed by atoms with Crippen LogP contribution in [0.1, 0.15) is 25.0 Å². The molecule has 9 heteroatoms. The zero-order valence-electron chi connectivity index (χ0n) is 18.7. The Bertz CT molecular complexity index is 1220.